The molecule has 9 heavy (non-hydrogen) atoms. The van der Waals surface area contributed by atoms with E-state index in [0.29, 0.717) is 0 Å². The van der Waals surface area contributed by atoms with Crippen molar-refractivity contribution in [1.29, 1.82) is 0 Å². The molecular formula is H12AlCaMgNaO4Si. The van der Waals surface area contributed by atoms with Crippen molar-refractivity contribution < 1.29 is 19.2 Å². The molecule has 4 nitrogen and oxygen atoms in total. The summed E-state index contributed by atoms with van der Waals surface area (Å²) in [6.45, 7) is 0. The van der Waals surface area contributed by atoms with Crippen molar-refractivity contribution in [2.75, 3.05) is 0 Å². The van der Waals surface area contributed by atoms with Gasteiger partial charge in [-0.1, -0.05) is 0 Å². The van der Waals surface area contributed by atoms with Crippen LogP contribution in [0.2, 0.25) is 0 Å². The van der Waals surface area contributed by atoms with Crippen LogP contribution in [0.15, 0.2) is 0 Å². The third kappa shape index (κ3) is 82.2. The Morgan fingerprint density at radius 1 is 0.889 bits per heavy atom. The zero-order valence-corrected chi connectivity index (χ0v) is 3.29. The predicted octanol–water partition coefficient (Wildman–Crippen LogP) is -6.27. The van der Waals surface area contributed by atoms with E-state index in [9.17, 15) is 0 Å². The van der Waals surface area contributed by atoms with Gasteiger partial charge in [-0.3, -0.25) is 0 Å². The van der Waals surface area contributed by atoms with Gasteiger partial charge in [-0.2, -0.15) is 0 Å². The fraction of sp³-hybridized carbons (Fsp3) is 0. The van der Waals surface area contributed by atoms with E-state index in [1.165, 1.54) is 0 Å². The minimum atomic E-state index is -4.61. The summed E-state index contributed by atoms with van der Waals surface area (Å²) in [5.41, 5.74) is 0. The molecule has 0 bridgehead atoms. The minimum absolute atomic E-state index is 0. The second kappa shape index (κ2) is 14.2. The molecule has 0 fully saturated rings. The average molecular weight is 219 g/mol. The molecule has 4 N–H and O–H groups in total. The molecule has 0 saturated carbocycles. The van der Waals surface area contributed by atoms with E-state index in [1.54, 1.807) is 0 Å². The summed E-state index contributed by atoms with van der Waals surface area (Å²) < 4.78 is 0. The van der Waals surface area contributed by atoms with Crippen LogP contribution in [-0.4, -0.2) is 136 Å². The van der Waals surface area contributed by atoms with Crippen molar-refractivity contribution in [2.45, 2.75) is 0 Å². The Balaban J connectivity index is -0.0000000133. The molecule has 0 aliphatic heterocycles. The summed E-state index contributed by atoms with van der Waals surface area (Å²) in [6, 6.07) is 0. The van der Waals surface area contributed by atoms with Crippen LogP contribution in [0.3, 0.4) is 0 Å². The molecular weight excluding hydrogens is 206 g/mol. The van der Waals surface area contributed by atoms with Crippen LogP contribution in [0, 0.1) is 0 Å². The van der Waals surface area contributed by atoms with Crippen molar-refractivity contribution in [2.24, 2.45) is 0 Å². The van der Waals surface area contributed by atoms with E-state index >= 15 is 0 Å². The Hall–Kier alpha value is 3.62. The van der Waals surface area contributed by atoms with Crippen LogP contribution < -0.4 is 0 Å². The maximum absolute atomic E-state index is 7.33. The molecule has 0 rings (SSSR count). The van der Waals surface area contributed by atoms with Gasteiger partial charge in [0, 0.05) is 0 Å². The fourth-order valence-corrected chi connectivity index (χ4v) is 0. The van der Waals surface area contributed by atoms with E-state index in [1.807, 2.05) is 0 Å². The molecule has 0 unspecified atom stereocenters. The Morgan fingerprint density at radius 3 is 0.889 bits per heavy atom. The van der Waals surface area contributed by atoms with E-state index in [0.717, 1.165) is 0 Å². The molecule has 0 spiro atoms. The molecule has 0 amide bonds. The Bertz CT molecular complexity index is 36.0. The van der Waals surface area contributed by atoms with Gasteiger partial charge in [-0.25, -0.2) is 0 Å². The van der Waals surface area contributed by atoms with Crippen molar-refractivity contribution in [3.8, 4) is 0 Å². The fourth-order valence-electron chi connectivity index (χ4n) is 0. The van der Waals surface area contributed by atoms with Crippen LogP contribution in [0.5, 0.6) is 0 Å². The van der Waals surface area contributed by atoms with Crippen LogP contribution in [0.25, 0.3) is 0 Å². The number of hydrogen-bond acceptors (Lipinski definition) is 4. The summed E-state index contributed by atoms with van der Waals surface area (Å²) in [6.07, 6.45) is 0. The Kier molecular flexibility index (Phi) is 46.2. The summed E-state index contributed by atoms with van der Waals surface area (Å²) in [5.74, 6) is 0. The molecule has 0 radical (unpaired) electrons. The zero-order chi connectivity index (χ0) is 4.50. The van der Waals surface area contributed by atoms with Crippen LogP contribution in [0.1, 0.15) is 0 Å². The molecule has 0 atom stereocenters. The first-order valence-corrected chi connectivity index (χ1v) is 2.68. The normalized spacial score (nSPS) is 6.67. The van der Waals surface area contributed by atoms with Gasteiger partial charge in [-0.15, -0.1) is 0 Å². The molecule has 0 saturated heterocycles. The third-order valence-electron chi connectivity index (χ3n) is 0. The van der Waals surface area contributed by atoms with Gasteiger partial charge in [-0.05, 0) is 0 Å². The first-order chi connectivity index (χ1) is 2.00. The topological polar surface area (TPSA) is 80.9 Å². The van der Waals surface area contributed by atoms with Gasteiger partial charge in [0.1, 0.15) is 0 Å². The summed E-state index contributed by atoms with van der Waals surface area (Å²) in [4.78, 5) is 29.3. The van der Waals surface area contributed by atoms with E-state index in [4.69, 9.17) is 19.2 Å². The van der Waals surface area contributed by atoms with Crippen LogP contribution >= 0.6 is 0 Å². The molecule has 0 aliphatic carbocycles. The zero-order valence-electron chi connectivity index (χ0n) is 2.29. The van der Waals surface area contributed by atoms with Gasteiger partial charge in [0.2, 0.25) is 0 Å². The summed E-state index contributed by atoms with van der Waals surface area (Å²) >= 11 is 0. The van der Waals surface area contributed by atoms with Gasteiger partial charge in [0.15, 0.2) is 17.4 Å². The van der Waals surface area contributed by atoms with Gasteiger partial charge >= 0.3 is 99.4 Å². The molecule has 0 aromatic carbocycles. The summed E-state index contributed by atoms with van der Waals surface area (Å²) in [5, 5.41) is 0. The van der Waals surface area contributed by atoms with Gasteiger partial charge < -0.3 is 19.2 Å². The molecule has 48 valence electrons. The van der Waals surface area contributed by atoms with E-state index in [-0.39, 0.29) is 108 Å². The standard InChI is InChI=1S/Al.Ca.Mg.Na.H4O4Si.8H/c;;;;1-5(2,3)4;;;;;;;;/h;;;;1-4H;;;;;;;;. The van der Waals surface area contributed by atoms with Crippen molar-refractivity contribution in [3.05, 3.63) is 0 Å². The molecule has 0 aromatic heterocycles. The van der Waals surface area contributed by atoms with Crippen molar-refractivity contribution in [1.82, 2.24) is 0 Å². The van der Waals surface area contributed by atoms with Crippen LogP contribution in [0.4, 0.5) is 0 Å². The first-order valence-electron chi connectivity index (χ1n) is 0.894. The van der Waals surface area contributed by atoms with Gasteiger partial charge in [0.25, 0.3) is 0 Å². The first kappa shape index (κ1) is 29.3. The summed E-state index contributed by atoms with van der Waals surface area (Å²) in [7, 11) is -4.61. The van der Waals surface area contributed by atoms with Crippen LogP contribution in [-0.2, 0) is 0 Å². The molecule has 0 heterocycles. The third-order valence-corrected chi connectivity index (χ3v) is 0. The monoisotopic (exact) mass is 218 g/mol. The van der Waals surface area contributed by atoms with Crippen molar-refractivity contribution in [3.63, 3.8) is 0 Å². The second-order valence-electron chi connectivity index (χ2n) is 0.600. The quantitative estimate of drug-likeness (QED) is 0.305. The predicted molar refractivity (Wildman–Crippen MR) is 48.8 cm³/mol. The van der Waals surface area contributed by atoms with E-state index in [2.05, 4.69) is 0 Å². The SMILES string of the molecule is O[Si](O)(O)O.[AlH3].[CaH2].[MgH2].[NaH]. The number of rotatable bonds is 0. The number of hydrogen-bond donors (Lipinski definition) is 4. The van der Waals surface area contributed by atoms with Crippen molar-refractivity contribution >= 4 is 117 Å². The molecule has 9 heteroatoms. The average Bonchev–Trinajstić information content (AvgIpc) is 0.722. The van der Waals surface area contributed by atoms with E-state index < -0.39 is 9.05 Å². The maximum atomic E-state index is 7.33. The molecule has 0 aromatic rings. The van der Waals surface area contributed by atoms with Gasteiger partial charge in [0.05, 0.1) is 0 Å². The molecule has 0 aliphatic rings. The second-order valence-corrected chi connectivity index (χ2v) is 1.80. The Morgan fingerprint density at radius 2 is 0.889 bits per heavy atom. The Labute approximate surface area is 133 Å².